The van der Waals surface area contributed by atoms with Gasteiger partial charge in [0.15, 0.2) is 0 Å². The zero-order chi connectivity index (χ0) is 15.3. The van der Waals surface area contributed by atoms with Crippen LogP contribution in [0.3, 0.4) is 0 Å². The summed E-state index contributed by atoms with van der Waals surface area (Å²) < 4.78 is 0. The molecule has 0 aliphatic heterocycles. The molecule has 1 amide bonds. The van der Waals surface area contributed by atoms with Gasteiger partial charge in [-0.05, 0) is 26.3 Å². The standard InChI is InChI=1S/C16H26N2O2/c1-5-18(16(20)12(3)13(4)17)10-15(19)14-8-6-11(2)7-9-14/h6-9,12-13,15,19H,5,10,17H2,1-4H3. The van der Waals surface area contributed by atoms with Crippen molar-refractivity contribution in [3.8, 4) is 0 Å². The van der Waals surface area contributed by atoms with E-state index >= 15 is 0 Å². The quantitative estimate of drug-likeness (QED) is 0.834. The second kappa shape index (κ2) is 7.41. The Morgan fingerprint density at radius 3 is 2.30 bits per heavy atom. The lowest BCUT2D eigenvalue weighted by Crippen LogP contribution is -2.43. The maximum absolute atomic E-state index is 12.3. The zero-order valence-electron chi connectivity index (χ0n) is 12.8. The van der Waals surface area contributed by atoms with Gasteiger partial charge in [-0.3, -0.25) is 4.79 Å². The predicted octanol–water partition coefficient (Wildman–Crippen LogP) is 1.86. The molecule has 0 saturated heterocycles. The van der Waals surface area contributed by atoms with Gasteiger partial charge in [0.25, 0.3) is 0 Å². The van der Waals surface area contributed by atoms with Gasteiger partial charge in [0.2, 0.25) is 5.91 Å². The highest BCUT2D eigenvalue weighted by molar-refractivity contribution is 5.79. The van der Waals surface area contributed by atoms with Crippen molar-refractivity contribution >= 4 is 5.91 Å². The largest absolute Gasteiger partial charge is 0.387 e. The highest BCUT2D eigenvalue weighted by atomic mass is 16.3. The summed E-state index contributed by atoms with van der Waals surface area (Å²) in [5.74, 6) is -0.242. The molecule has 4 heteroatoms. The van der Waals surface area contributed by atoms with Gasteiger partial charge in [0.1, 0.15) is 0 Å². The van der Waals surface area contributed by atoms with Gasteiger partial charge in [-0.15, -0.1) is 0 Å². The monoisotopic (exact) mass is 278 g/mol. The van der Waals surface area contributed by atoms with Crippen LogP contribution < -0.4 is 5.73 Å². The Morgan fingerprint density at radius 1 is 1.30 bits per heavy atom. The molecule has 20 heavy (non-hydrogen) atoms. The van der Waals surface area contributed by atoms with Crippen molar-refractivity contribution in [1.82, 2.24) is 4.90 Å². The Kier molecular flexibility index (Phi) is 6.17. The van der Waals surface area contributed by atoms with Crippen LogP contribution in [0.2, 0.25) is 0 Å². The fourth-order valence-electron chi connectivity index (χ4n) is 1.99. The number of carbonyl (C=O) groups excluding carboxylic acids is 1. The van der Waals surface area contributed by atoms with Gasteiger partial charge in [-0.1, -0.05) is 36.8 Å². The molecular weight excluding hydrogens is 252 g/mol. The Morgan fingerprint density at radius 2 is 1.85 bits per heavy atom. The number of carbonyl (C=O) groups is 1. The summed E-state index contributed by atoms with van der Waals surface area (Å²) in [5, 5.41) is 10.3. The molecule has 1 rings (SSSR count). The molecule has 3 unspecified atom stereocenters. The Labute approximate surface area is 121 Å². The molecule has 0 aliphatic carbocycles. The number of likely N-dealkylation sites (N-methyl/N-ethyl adjacent to an activating group) is 1. The van der Waals surface area contributed by atoms with E-state index in [1.54, 1.807) is 4.90 Å². The number of hydrogen-bond donors (Lipinski definition) is 2. The number of aliphatic hydroxyl groups excluding tert-OH is 1. The number of nitrogens with zero attached hydrogens (tertiary/aromatic N) is 1. The molecule has 0 aromatic heterocycles. The topological polar surface area (TPSA) is 66.6 Å². The van der Waals surface area contributed by atoms with Crippen molar-refractivity contribution in [1.29, 1.82) is 0 Å². The Bertz CT molecular complexity index is 429. The first-order valence-corrected chi connectivity index (χ1v) is 7.15. The molecule has 0 aliphatic rings. The smallest absolute Gasteiger partial charge is 0.227 e. The molecule has 3 N–H and O–H groups in total. The summed E-state index contributed by atoms with van der Waals surface area (Å²) in [6, 6.07) is 7.52. The minimum Gasteiger partial charge on any atom is -0.387 e. The van der Waals surface area contributed by atoms with E-state index in [1.165, 1.54) is 0 Å². The Hall–Kier alpha value is -1.39. The number of aryl methyl sites for hydroxylation is 1. The lowest BCUT2D eigenvalue weighted by atomic mass is 10.0. The summed E-state index contributed by atoms with van der Waals surface area (Å²) >= 11 is 0. The normalized spacial score (nSPS) is 15.5. The maximum atomic E-state index is 12.3. The number of nitrogens with two attached hydrogens (primary N) is 1. The van der Waals surface area contributed by atoms with Crippen molar-refractivity contribution in [2.45, 2.75) is 39.8 Å². The number of benzene rings is 1. The van der Waals surface area contributed by atoms with Crippen LogP contribution in [0.1, 0.15) is 38.0 Å². The van der Waals surface area contributed by atoms with E-state index in [0.717, 1.165) is 11.1 Å². The fourth-order valence-corrected chi connectivity index (χ4v) is 1.99. The molecule has 0 saturated carbocycles. The summed E-state index contributed by atoms with van der Waals surface area (Å²) in [7, 11) is 0. The van der Waals surface area contributed by atoms with Crippen molar-refractivity contribution in [3.63, 3.8) is 0 Å². The second-order valence-electron chi connectivity index (χ2n) is 5.45. The summed E-state index contributed by atoms with van der Waals surface area (Å²) in [4.78, 5) is 13.9. The maximum Gasteiger partial charge on any atom is 0.227 e. The summed E-state index contributed by atoms with van der Waals surface area (Å²) in [6.45, 7) is 8.44. The van der Waals surface area contributed by atoms with Crippen LogP contribution in [0.25, 0.3) is 0 Å². The first-order chi connectivity index (χ1) is 9.36. The number of hydrogen-bond acceptors (Lipinski definition) is 3. The highest BCUT2D eigenvalue weighted by Crippen LogP contribution is 2.16. The van der Waals surface area contributed by atoms with Crippen LogP contribution >= 0.6 is 0 Å². The van der Waals surface area contributed by atoms with Crippen LogP contribution in [-0.4, -0.2) is 35.0 Å². The van der Waals surface area contributed by atoms with Crippen molar-refractivity contribution < 1.29 is 9.90 Å². The van der Waals surface area contributed by atoms with Crippen LogP contribution in [0.15, 0.2) is 24.3 Å². The molecule has 0 heterocycles. The third kappa shape index (κ3) is 4.32. The van der Waals surface area contributed by atoms with Crippen molar-refractivity contribution in [2.24, 2.45) is 11.7 Å². The summed E-state index contributed by atoms with van der Waals surface area (Å²) in [6.07, 6.45) is -0.667. The minimum absolute atomic E-state index is 0.00587. The molecule has 1 aromatic carbocycles. The molecular formula is C16H26N2O2. The molecule has 0 radical (unpaired) electrons. The van der Waals surface area contributed by atoms with E-state index in [1.807, 2.05) is 52.0 Å². The summed E-state index contributed by atoms with van der Waals surface area (Å²) in [5.41, 5.74) is 7.75. The number of amides is 1. The molecule has 112 valence electrons. The van der Waals surface area contributed by atoms with Gasteiger partial charge in [0, 0.05) is 12.6 Å². The molecule has 4 nitrogen and oxygen atoms in total. The van der Waals surface area contributed by atoms with E-state index in [0.29, 0.717) is 13.1 Å². The van der Waals surface area contributed by atoms with Gasteiger partial charge in [-0.25, -0.2) is 0 Å². The van der Waals surface area contributed by atoms with E-state index < -0.39 is 6.10 Å². The zero-order valence-corrected chi connectivity index (χ0v) is 12.8. The predicted molar refractivity (Wildman–Crippen MR) is 81.2 cm³/mol. The van der Waals surface area contributed by atoms with E-state index in [2.05, 4.69) is 0 Å². The van der Waals surface area contributed by atoms with E-state index in [4.69, 9.17) is 5.73 Å². The number of rotatable bonds is 6. The van der Waals surface area contributed by atoms with Crippen LogP contribution in [-0.2, 0) is 4.79 Å². The first-order valence-electron chi connectivity index (χ1n) is 7.15. The lowest BCUT2D eigenvalue weighted by molar-refractivity contribution is -0.136. The van der Waals surface area contributed by atoms with Gasteiger partial charge < -0.3 is 15.7 Å². The Balaban J connectivity index is 2.72. The average Bonchev–Trinajstić information content (AvgIpc) is 2.43. The molecule has 0 bridgehead atoms. The average molecular weight is 278 g/mol. The molecule has 0 spiro atoms. The first kappa shape index (κ1) is 16.7. The number of aliphatic hydroxyl groups is 1. The fraction of sp³-hybridized carbons (Fsp3) is 0.562. The van der Waals surface area contributed by atoms with Gasteiger partial charge in [-0.2, -0.15) is 0 Å². The highest BCUT2D eigenvalue weighted by Gasteiger charge is 2.24. The SMILES string of the molecule is CCN(CC(O)c1ccc(C)cc1)C(=O)C(C)C(C)N. The van der Waals surface area contributed by atoms with Crippen LogP contribution in [0, 0.1) is 12.8 Å². The van der Waals surface area contributed by atoms with Crippen molar-refractivity contribution in [2.75, 3.05) is 13.1 Å². The van der Waals surface area contributed by atoms with E-state index in [-0.39, 0.29) is 17.9 Å². The lowest BCUT2D eigenvalue weighted by Gasteiger charge is -2.28. The van der Waals surface area contributed by atoms with Gasteiger partial charge in [0.05, 0.1) is 18.6 Å². The van der Waals surface area contributed by atoms with Crippen LogP contribution in [0.5, 0.6) is 0 Å². The third-order valence-corrected chi connectivity index (χ3v) is 3.73. The van der Waals surface area contributed by atoms with E-state index in [9.17, 15) is 9.90 Å². The van der Waals surface area contributed by atoms with Crippen molar-refractivity contribution in [3.05, 3.63) is 35.4 Å². The molecule has 1 aromatic rings. The molecule has 3 atom stereocenters. The van der Waals surface area contributed by atoms with Crippen LogP contribution in [0.4, 0.5) is 0 Å². The third-order valence-electron chi connectivity index (χ3n) is 3.73. The van der Waals surface area contributed by atoms with Gasteiger partial charge >= 0.3 is 0 Å². The minimum atomic E-state index is -0.667. The second-order valence-corrected chi connectivity index (χ2v) is 5.45. The molecule has 0 fully saturated rings.